The van der Waals surface area contributed by atoms with E-state index in [4.69, 9.17) is 57.0 Å². The van der Waals surface area contributed by atoms with Gasteiger partial charge < -0.3 is 165 Å². The molecule has 5 saturated heterocycles. The summed E-state index contributed by atoms with van der Waals surface area (Å²) in [6.07, 6.45) is -55.6. The van der Waals surface area contributed by atoms with Crippen LogP contribution in [0.5, 0.6) is 0 Å². The van der Waals surface area contributed by atoms with E-state index in [0.717, 1.165) is 13.8 Å². The minimum absolute atomic E-state index is 0.308. The normalized spacial score (nSPS) is 42.0. The Balaban J connectivity index is 1.46. The molecule has 492 valence electrons. The standard InChI is InChI=1S/C45H82N3O35P/c1-14-26(60)33(67)34(68)43(74-14)83-40-39(82-41-24(47-15(2)55)32(66)28(62)20(9-51)75-41)31(65)23(12-54)78-45(40)80-37-25(48-16(3)56)42(76-21(10-52)29(37)63)81-38-30(64)22(11-53)77-44(35(38)69)79-36(19(59)8-50)27(61)18(58)6-46-4-5-72-84(70,71)73-13-17(57)7-49/h14,17-46,49-54,57-69H,4-13H2,1-3H3,(H,47,55)(H,48,56)(H,70,71)/t14-,17?,18-,19+,20+,21+,22+,23+,24+,25+,26+,27+,28-,29+,30-,31-,32+,33+,34-,35+,36+,37+,38-,39-,40+,41+,42-,43-,44-,45-/m0/s1. The SMILES string of the molecule is CC(=O)N[C@H]1[C@@H](O[C@H]2[C@@H](O)[C@@H](CO)O[C@@H](O[C@H]3[C@H](O)[C@@H](CO)O[C@@H](O[C@H]4[C@@H](O)[C@@H](CO)O[C@@H](O[C@@H]([C@H](O)[C@@H](O)CNCCOP(=O)(O)OCC(O)CO)[C@H](O)CO)[C@@H]4O)[C@@H]3NC(C)=O)[C@@H]2O[C@@H]2O[C@@H](C)[C@@H](O)[C@@H](O)[C@@H]2O)O[C@H](CO)[C@H](O)[C@@H]1O. The highest BCUT2D eigenvalue weighted by molar-refractivity contribution is 7.47. The van der Waals surface area contributed by atoms with Gasteiger partial charge >= 0.3 is 7.82 Å². The lowest BCUT2D eigenvalue weighted by molar-refractivity contribution is -0.400. The molecule has 23 N–H and O–H groups in total. The van der Waals surface area contributed by atoms with Crippen LogP contribution in [0.1, 0.15) is 20.8 Å². The molecule has 5 heterocycles. The van der Waals surface area contributed by atoms with Crippen molar-refractivity contribution >= 4 is 19.6 Å². The predicted molar refractivity (Wildman–Crippen MR) is 264 cm³/mol. The van der Waals surface area contributed by atoms with E-state index in [2.05, 4.69) is 20.5 Å². The van der Waals surface area contributed by atoms with Gasteiger partial charge in [0, 0.05) is 26.9 Å². The highest BCUT2D eigenvalue weighted by Gasteiger charge is 2.59. The molecule has 0 aromatic carbocycles. The topological polar surface area (TPSA) is 603 Å². The van der Waals surface area contributed by atoms with Gasteiger partial charge in [0.25, 0.3) is 0 Å². The van der Waals surface area contributed by atoms with Crippen LogP contribution in [-0.4, -0.2) is 364 Å². The molecule has 0 aliphatic carbocycles. The van der Waals surface area contributed by atoms with E-state index in [9.17, 15) is 111 Å². The lowest BCUT2D eigenvalue weighted by Crippen LogP contribution is -2.71. The number of phosphoric acid groups is 1. The molecule has 0 aromatic heterocycles. The van der Waals surface area contributed by atoms with E-state index in [1.165, 1.54) is 6.92 Å². The first-order valence-electron chi connectivity index (χ1n) is 26.5. The van der Waals surface area contributed by atoms with Crippen LogP contribution in [-0.2, 0) is 70.6 Å². The van der Waals surface area contributed by atoms with Crippen LogP contribution in [0.3, 0.4) is 0 Å². The van der Waals surface area contributed by atoms with Gasteiger partial charge in [-0.15, -0.1) is 0 Å². The Hall–Kier alpha value is -2.15. The van der Waals surface area contributed by atoms with Crippen molar-refractivity contribution in [3.05, 3.63) is 0 Å². The van der Waals surface area contributed by atoms with Crippen molar-refractivity contribution in [2.75, 3.05) is 65.9 Å². The lowest BCUT2D eigenvalue weighted by Gasteiger charge is -2.52. The van der Waals surface area contributed by atoms with Gasteiger partial charge in [-0.05, 0) is 6.92 Å². The van der Waals surface area contributed by atoms with Crippen LogP contribution in [0, 0.1) is 0 Å². The number of hydrogen-bond acceptors (Lipinski definition) is 35. The van der Waals surface area contributed by atoms with Crippen molar-refractivity contribution in [3.8, 4) is 0 Å². The van der Waals surface area contributed by atoms with E-state index in [1.54, 1.807) is 0 Å². The van der Waals surface area contributed by atoms with Crippen molar-refractivity contribution in [3.63, 3.8) is 0 Å². The van der Waals surface area contributed by atoms with E-state index in [-0.39, 0.29) is 6.54 Å². The van der Waals surface area contributed by atoms with Crippen molar-refractivity contribution in [2.24, 2.45) is 0 Å². The monoisotopic (exact) mass is 1260 g/mol. The number of carbonyl (C=O) groups is 2. The Bertz CT molecular complexity index is 2040. The summed E-state index contributed by atoms with van der Waals surface area (Å²) in [7, 11) is -4.72. The summed E-state index contributed by atoms with van der Waals surface area (Å²) < 4.78 is 80.3. The van der Waals surface area contributed by atoms with Crippen LogP contribution >= 0.6 is 7.82 Å². The second kappa shape index (κ2) is 33.1. The molecule has 5 rings (SSSR count). The third-order valence-electron chi connectivity index (χ3n) is 14.2. The van der Waals surface area contributed by atoms with Gasteiger partial charge in [0.15, 0.2) is 31.5 Å². The lowest BCUT2D eigenvalue weighted by atomic mass is 9.93. The Morgan fingerprint density at radius 3 is 1.56 bits per heavy atom. The Morgan fingerprint density at radius 1 is 0.512 bits per heavy atom. The fourth-order valence-corrected chi connectivity index (χ4v) is 10.4. The second-order valence-electron chi connectivity index (χ2n) is 20.4. The van der Waals surface area contributed by atoms with Gasteiger partial charge in [0.05, 0.1) is 65.1 Å². The number of aliphatic hydroxyl groups is 19. The number of carbonyl (C=O) groups excluding carboxylic acids is 2. The molecule has 0 bridgehead atoms. The molecule has 0 spiro atoms. The maximum Gasteiger partial charge on any atom is 0.472 e. The largest absolute Gasteiger partial charge is 0.472 e. The fourth-order valence-electron chi connectivity index (χ4n) is 9.59. The Labute approximate surface area is 478 Å². The summed E-state index contributed by atoms with van der Waals surface area (Å²) in [5, 5.41) is 211. The van der Waals surface area contributed by atoms with E-state index in [0.29, 0.717) is 0 Å². The summed E-state index contributed by atoms with van der Waals surface area (Å²) in [5.41, 5.74) is 0. The molecule has 0 saturated carbocycles. The molecule has 2 amide bonds. The highest BCUT2D eigenvalue weighted by atomic mass is 31.2. The predicted octanol–water partition coefficient (Wildman–Crippen LogP) is -14.1. The zero-order valence-corrected chi connectivity index (χ0v) is 46.3. The van der Waals surface area contributed by atoms with E-state index in [1.807, 2.05) is 0 Å². The summed E-state index contributed by atoms with van der Waals surface area (Å²) in [5.74, 6) is -1.77. The molecule has 39 heteroatoms. The molecule has 0 radical (unpaired) electrons. The molecule has 0 aromatic rings. The maximum absolute atomic E-state index is 13.1. The van der Waals surface area contributed by atoms with Gasteiger partial charge in [-0.1, -0.05) is 0 Å². The van der Waals surface area contributed by atoms with Gasteiger partial charge in [0.1, 0.15) is 140 Å². The third-order valence-corrected chi connectivity index (χ3v) is 15.2. The Morgan fingerprint density at radius 2 is 1.00 bits per heavy atom. The van der Waals surface area contributed by atoms with Crippen molar-refractivity contribution < 1.29 is 172 Å². The van der Waals surface area contributed by atoms with Crippen LogP contribution in [0.25, 0.3) is 0 Å². The van der Waals surface area contributed by atoms with Gasteiger partial charge in [-0.2, -0.15) is 0 Å². The van der Waals surface area contributed by atoms with Crippen molar-refractivity contribution in [1.82, 2.24) is 16.0 Å². The molecular formula is C45H82N3O35P. The van der Waals surface area contributed by atoms with Crippen LogP contribution in [0.4, 0.5) is 0 Å². The molecule has 38 nitrogen and oxygen atoms in total. The minimum Gasteiger partial charge on any atom is -0.394 e. The zero-order chi connectivity index (χ0) is 62.7. The van der Waals surface area contributed by atoms with Gasteiger partial charge in [-0.3, -0.25) is 18.6 Å². The number of phosphoric ester groups is 1. The molecule has 5 aliphatic rings. The van der Waals surface area contributed by atoms with Crippen LogP contribution in [0.15, 0.2) is 0 Å². The van der Waals surface area contributed by atoms with E-state index < -0.39 is 263 Å². The van der Waals surface area contributed by atoms with Crippen molar-refractivity contribution in [1.29, 1.82) is 0 Å². The van der Waals surface area contributed by atoms with Gasteiger partial charge in [-0.25, -0.2) is 4.57 Å². The summed E-state index contributed by atoms with van der Waals surface area (Å²) >= 11 is 0. The minimum atomic E-state index is -4.72. The average Bonchev–Trinajstić information content (AvgIpc) is 1.65. The number of ether oxygens (including phenoxy) is 10. The van der Waals surface area contributed by atoms with Crippen LogP contribution in [0.2, 0.25) is 0 Å². The molecule has 5 fully saturated rings. The Kier molecular flexibility index (Phi) is 28.6. The molecule has 84 heavy (non-hydrogen) atoms. The maximum atomic E-state index is 13.1. The second-order valence-corrected chi connectivity index (χ2v) is 21.9. The highest BCUT2D eigenvalue weighted by Crippen LogP contribution is 2.43. The first kappa shape index (κ1) is 72.6. The number of amides is 2. The summed E-state index contributed by atoms with van der Waals surface area (Å²) in [4.78, 5) is 35.2. The summed E-state index contributed by atoms with van der Waals surface area (Å²) in [6.45, 7) is -5.21. The van der Waals surface area contributed by atoms with Crippen molar-refractivity contribution in [2.45, 2.75) is 205 Å². The molecular weight excluding hydrogens is 1170 g/mol. The quantitative estimate of drug-likeness (QED) is 0.0235. The smallest absolute Gasteiger partial charge is 0.394 e. The third kappa shape index (κ3) is 18.3. The number of hydrogen-bond donors (Lipinski definition) is 23. The number of aliphatic hydroxyl groups excluding tert-OH is 19. The van der Waals surface area contributed by atoms with Crippen LogP contribution < -0.4 is 16.0 Å². The average molecular weight is 1260 g/mol. The molecule has 31 atom stereocenters. The first-order valence-corrected chi connectivity index (χ1v) is 28.0. The van der Waals surface area contributed by atoms with Gasteiger partial charge in [0.2, 0.25) is 11.8 Å². The molecule has 5 aliphatic heterocycles. The fraction of sp³-hybridized carbons (Fsp3) is 0.956. The number of nitrogens with one attached hydrogen (secondary N) is 3. The zero-order valence-electron chi connectivity index (χ0n) is 45.4. The van der Waals surface area contributed by atoms with E-state index >= 15 is 0 Å². The molecule has 2 unspecified atom stereocenters. The summed E-state index contributed by atoms with van der Waals surface area (Å²) in [6, 6.07) is -3.65. The first-order chi connectivity index (χ1) is 39.6. The number of rotatable bonds is 30.